The summed E-state index contributed by atoms with van der Waals surface area (Å²) in [5.74, 6) is 0. The van der Waals surface area contributed by atoms with Crippen LogP contribution in [0.25, 0.3) is 22.0 Å². The number of fused-ring (bicyclic) bond motifs is 1. The summed E-state index contributed by atoms with van der Waals surface area (Å²) in [5, 5.41) is 2.56. The highest BCUT2D eigenvalue weighted by atomic mass is 15.2. The van der Waals surface area contributed by atoms with Crippen LogP contribution < -0.4 is 0 Å². The number of rotatable bonds is 4. The predicted octanol–water partition coefficient (Wildman–Crippen LogP) is 4.32. The molecule has 1 atom stereocenters. The molecule has 0 bridgehead atoms. The summed E-state index contributed by atoms with van der Waals surface area (Å²) in [6.45, 7) is 4.78. The fourth-order valence-corrected chi connectivity index (χ4v) is 3.66. The van der Waals surface area contributed by atoms with Crippen molar-refractivity contribution in [2.24, 2.45) is 0 Å². The minimum atomic E-state index is 0.750. The van der Waals surface area contributed by atoms with Gasteiger partial charge in [0.15, 0.2) is 0 Å². The van der Waals surface area contributed by atoms with Crippen LogP contribution in [0.3, 0.4) is 0 Å². The van der Waals surface area contributed by atoms with Crippen molar-refractivity contribution >= 4 is 10.8 Å². The lowest BCUT2D eigenvalue weighted by Gasteiger charge is -2.20. The summed E-state index contributed by atoms with van der Waals surface area (Å²) >= 11 is 0. The smallest absolute Gasteiger partial charge is 0.0885 e. The van der Waals surface area contributed by atoms with Crippen molar-refractivity contribution in [3.05, 3.63) is 60.6 Å². The molecule has 0 N–H and O–H groups in total. The van der Waals surface area contributed by atoms with E-state index in [1.165, 1.54) is 42.3 Å². The third kappa shape index (κ3) is 3.17. The molecule has 0 radical (unpaired) electrons. The van der Waals surface area contributed by atoms with Gasteiger partial charge in [-0.25, -0.2) is 0 Å². The molecule has 2 heterocycles. The third-order valence-electron chi connectivity index (χ3n) is 5.14. The SMILES string of the molecule is C[C@@H]1CCCN1CCc1ccc2cc(-c3cnccn3)ccc2c1. The lowest BCUT2D eigenvalue weighted by molar-refractivity contribution is 0.272. The molecule has 122 valence electrons. The van der Waals surface area contributed by atoms with Gasteiger partial charge in [0.25, 0.3) is 0 Å². The van der Waals surface area contributed by atoms with E-state index < -0.39 is 0 Å². The molecule has 1 aromatic heterocycles. The minimum absolute atomic E-state index is 0.750. The fourth-order valence-electron chi connectivity index (χ4n) is 3.66. The van der Waals surface area contributed by atoms with E-state index in [4.69, 9.17) is 0 Å². The average Bonchev–Trinajstić information content (AvgIpc) is 3.05. The van der Waals surface area contributed by atoms with Crippen molar-refractivity contribution < 1.29 is 0 Å². The first-order chi connectivity index (χ1) is 11.8. The summed E-state index contributed by atoms with van der Waals surface area (Å²) in [6.07, 6.45) is 9.09. The summed E-state index contributed by atoms with van der Waals surface area (Å²) in [7, 11) is 0. The Labute approximate surface area is 143 Å². The number of hydrogen-bond acceptors (Lipinski definition) is 3. The van der Waals surface area contributed by atoms with Gasteiger partial charge in [-0.3, -0.25) is 9.97 Å². The van der Waals surface area contributed by atoms with Gasteiger partial charge >= 0.3 is 0 Å². The molecule has 24 heavy (non-hydrogen) atoms. The van der Waals surface area contributed by atoms with E-state index in [-0.39, 0.29) is 0 Å². The largest absolute Gasteiger partial charge is 0.300 e. The van der Waals surface area contributed by atoms with E-state index in [2.05, 4.69) is 58.2 Å². The molecule has 3 aromatic rings. The quantitative estimate of drug-likeness (QED) is 0.717. The molecule has 1 aliphatic rings. The lowest BCUT2D eigenvalue weighted by atomic mass is 10.0. The lowest BCUT2D eigenvalue weighted by Crippen LogP contribution is -2.28. The van der Waals surface area contributed by atoms with Crippen molar-refractivity contribution in [3.63, 3.8) is 0 Å². The molecule has 0 saturated carbocycles. The molecule has 4 rings (SSSR count). The van der Waals surface area contributed by atoms with E-state index in [0.29, 0.717) is 0 Å². The summed E-state index contributed by atoms with van der Waals surface area (Å²) < 4.78 is 0. The maximum absolute atomic E-state index is 4.39. The van der Waals surface area contributed by atoms with Crippen molar-refractivity contribution in [1.82, 2.24) is 14.9 Å². The predicted molar refractivity (Wildman–Crippen MR) is 98.9 cm³/mol. The van der Waals surface area contributed by atoms with Crippen LogP contribution in [0.5, 0.6) is 0 Å². The van der Waals surface area contributed by atoms with Gasteiger partial charge in [0.2, 0.25) is 0 Å². The molecule has 0 aliphatic carbocycles. The first kappa shape index (κ1) is 15.3. The molecule has 0 unspecified atom stereocenters. The van der Waals surface area contributed by atoms with E-state index in [1.807, 2.05) is 6.20 Å². The molecule has 1 aliphatic heterocycles. The maximum atomic E-state index is 4.39. The first-order valence-corrected chi connectivity index (χ1v) is 8.83. The second kappa shape index (κ2) is 6.70. The van der Waals surface area contributed by atoms with Crippen LogP contribution in [0, 0.1) is 0 Å². The molecule has 0 spiro atoms. The van der Waals surface area contributed by atoms with Crippen LogP contribution in [0.1, 0.15) is 25.3 Å². The van der Waals surface area contributed by atoms with Gasteiger partial charge in [0, 0.05) is 30.5 Å². The summed E-state index contributed by atoms with van der Waals surface area (Å²) in [4.78, 5) is 11.2. The first-order valence-electron chi connectivity index (χ1n) is 8.83. The Morgan fingerprint density at radius 1 is 1.08 bits per heavy atom. The van der Waals surface area contributed by atoms with Gasteiger partial charge in [-0.2, -0.15) is 0 Å². The molecule has 0 amide bonds. The fraction of sp³-hybridized carbons (Fsp3) is 0.333. The number of nitrogens with zero attached hydrogens (tertiary/aromatic N) is 3. The Morgan fingerprint density at radius 3 is 2.75 bits per heavy atom. The van der Waals surface area contributed by atoms with Crippen LogP contribution in [-0.4, -0.2) is 34.0 Å². The zero-order chi connectivity index (χ0) is 16.4. The molecule has 1 fully saturated rings. The van der Waals surface area contributed by atoms with Gasteiger partial charge in [0.1, 0.15) is 0 Å². The Morgan fingerprint density at radius 2 is 1.96 bits per heavy atom. The van der Waals surface area contributed by atoms with Gasteiger partial charge < -0.3 is 4.90 Å². The van der Waals surface area contributed by atoms with Gasteiger partial charge in [-0.1, -0.05) is 30.3 Å². The zero-order valence-corrected chi connectivity index (χ0v) is 14.2. The third-order valence-corrected chi connectivity index (χ3v) is 5.14. The normalized spacial score (nSPS) is 18.3. The average molecular weight is 317 g/mol. The van der Waals surface area contributed by atoms with Crippen molar-refractivity contribution in [1.29, 1.82) is 0 Å². The number of hydrogen-bond donors (Lipinski definition) is 0. The molecular weight excluding hydrogens is 294 g/mol. The van der Waals surface area contributed by atoms with Crippen LogP contribution >= 0.6 is 0 Å². The highest BCUT2D eigenvalue weighted by molar-refractivity contribution is 5.87. The Bertz CT molecular complexity index is 829. The molecule has 1 saturated heterocycles. The summed E-state index contributed by atoms with van der Waals surface area (Å²) in [6, 6.07) is 14.1. The van der Waals surface area contributed by atoms with Crippen molar-refractivity contribution in [3.8, 4) is 11.3 Å². The highest BCUT2D eigenvalue weighted by Crippen LogP contribution is 2.24. The van der Waals surface area contributed by atoms with Crippen LogP contribution in [0.2, 0.25) is 0 Å². The Hall–Kier alpha value is -2.26. The second-order valence-electron chi connectivity index (χ2n) is 6.76. The van der Waals surface area contributed by atoms with E-state index in [0.717, 1.165) is 23.7 Å². The zero-order valence-electron chi connectivity index (χ0n) is 14.2. The number of benzene rings is 2. The van der Waals surface area contributed by atoms with Gasteiger partial charge in [-0.05, 0) is 55.1 Å². The van der Waals surface area contributed by atoms with E-state index in [1.54, 1.807) is 12.4 Å². The van der Waals surface area contributed by atoms with Crippen molar-refractivity contribution in [2.45, 2.75) is 32.2 Å². The number of likely N-dealkylation sites (tertiary alicyclic amines) is 1. The maximum Gasteiger partial charge on any atom is 0.0885 e. The monoisotopic (exact) mass is 317 g/mol. The van der Waals surface area contributed by atoms with Crippen molar-refractivity contribution in [2.75, 3.05) is 13.1 Å². The summed E-state index contributed by atoms with van der Waals surface area (Å²) in [5.41, 5.74) is 3.47. The standard InChI is InChI=1S/C21H23N3/c1-16-3-2-11-24(16)12-8-17-4-5-19-14-20(7-6-18(19)13-17)21-15-22-9-10-23-21/h4-7,9-10,13-16H,2-3,8,11-12H2,1H3/t16-/m1/s1. The van der Waals surface area contributed by atoms with E-state index in [9.17, 15) is 0 Å². The minimum Gasteiger partial charge on any atom is -0.300 e. The molecule has 3 nitrogen and oxygen atoms in total. The highest BCUT2D eigenvalue weighted by Gasteiger charge is 2.19. The molecule has 3 heteroatoms. The van der Waals surface area contributed by atoms with Gasteiger partial charge in [-0.15, -0.1) is 0 Å². The van der Waals surface area contributed by atoms with Crippen LogP contribution in [0.15, 0.2) is 55.0 Å². The topological polar surface area (TPSA) is 29.0 Å². The Kier molecular flexibility index (Phi) is 4.26. The van der Waals surface area contributed by atoms with E-state index >= 15 is 0 Å². The van der Waals surface area contributed by atoms with Crippen LogP contribution in [-0.2, 0) is 6.42 Å². The molecule has 2 aromatic carbocycles. The second-order valence-corrected chi connectivity index (χ2v) is 6.76. The number of aromatic nitrogens is 2. The molecular formula is C21H23N3. The van der Waals surface area contributed by atoms with Crippen LogP contribution in [0.4, 0.5) is 0 Å². The van der Waals surface area contributed by atoms with Gasteiger partial charge in [0.05, 0.1) is 11.9 Å². The Balaban J connectivity index is 1.53.